The molecule has 0 atom stereocenters. The summed E-state index contributed by atoms with van der Waals surface area (Å²) in [5.74, 6) is 0. The first-order chi connectivity index (χ1) is 30.1. The number of halogens is 1. The Balaban J connectivity index is 1.04. The highest BCUT2D eigenvalue weighted by Gasteiger charge is 2.12. The van der Waals surface area contributed by atoms with Gasteiger partial charge >= 0.3 is 0 Å². The van der Waals surface area contributed by atoms with Crippen LogP contribution in [-0.2, 0) is 0 Å². The van der Waals surface area contributed by atoms with Gasteiger partial charge in [-0.05, 0) is 161 Å². The van der Waals surface area contributed by atoms with Crippen LogP contribution in [0.2, 0.25) is 0 Å². The second-order valence-corrected chi connectivity index (χ2v) is 16.4. The van der Waals surface area contributed by atoms with Gasteiger partial charge in [-0.2, -0.15) is 0 Å². The maximum absolute atomic E-state index is 3.68. The van der Waals surface area contributed by atoms with E-state index in [2.05, 4.69) is 265 Å². The molecule has 0 aliphatic rings. The molecule has 0 nitrogen and oxygen atoms in total. The molecule has 61 heavy (non-hydrogen) atoms. The Kier molecular flexibility index (Phi) is 10.6. The highest BCUT2D eigenvalue weighted by Crippen LogP contribution is 2.38. The third-order valence-corrected chi connectivity index (χ3v) is 12.0. The van der Waals surface area contributed by atoms with Crippen molar-refractivity contribution in [2.24, 2.45) is 0 Å². The minimum atomic E-state index is 1.07. The van der Waals surface area contributed by atoms with Crippen molar-refractivity contribution in [1.82, 2.24) is 0 Å². The molecule has 10 rings (SSSR count). The van der Waals surface area contributed by atoms with Crippen LogP contribution in [0.15, 0.2) is 253 Å². The fourth-order valence-corrected chi connectivity index (χ4v) is 8.70. The van der Waals surface area contributed by atoms with Crippen LogP contribution in [0.5, 0.6) is 0 Å². The summed E-state index contributed by atoms with van der Waals surface area (Å²) < 4.78 is 1.07. The predicted octanol–water partition coefficient (Wildman–Crippen LogP) is 17.5. The Morgan fingerprint density at radius 3 is 0.672 bits per heavy atom. The summed E-state index contributed by atoms with van der Waals surface area (Å²) in [4.78, 5) is 0. The van der Waals surface area contributed by atoms with E-state index >= 15 is 0 Å². The molecule has 10 aromatic rings. The molecule has 0 unspecified atom stereocenters. The molecule has 0 aliphatic carbocycles. The van der Waals surface area contributed by atoms with Gasteiger partial charge in [-0.25, -0.2) is 0 Å². The van der Waals surface area contributed by atoms with E-state index in [0.717, 1.165) is 4.47 Å². The molecule has 0 amide bonds. The quantitative estimate of drug-likeness (QED) is 0.136. The van der Waals surface area contributed by atoms with E-state index in [0.29, 0.717) is 0 Å². The summed E-state index contributed by atoms with van der Waals surface area (Å²) in [6.07, 6.45) is 0. The van der Waals surface area contributed by atoms with E-state index in [4.69, 9.17) is 0 Å². The Hall–Kier alpha value is -7.32. The van der Waals surface area contributed by atoms with Crippen LogP contribution in [0.3, 0.4) is 0 Å². The first-order valence-electron chi connectivity index (χ1n) is 20.7. The van der Waals surface area contributed by atoms with Crippen LogP contribution in [0.4, 0.5) is 0 Å². The minimum absolute atomic E-state index is 1.07. The molecule has 0 aliphatic heterocycles. The second-order valence-electron chi connectivity index (χ2n) is 15.5. The second kappa shape index (κ2) is 17.1. The van der Waals surface area contributed by atoms with E-state index in [-0.39, 0.29) is 0 Å². The van der Waals surface area contributed by atoms with Gasteiger partial charge in [0, 0.05) is 4.47 Å². The van der Waals surface area contributed by atoms with E-state index in [9.17, 15) is 0 Å². The van der Waals surface area contributed by atoms with Gasteiger partial charge in [0.05, 0.1) is 0 Å². The topological polar surface area (TPSA) is 0 Å². The van der Waals surface area contributed by atoms with E-state index in [1.54, 1.807) is 0 Å². The van der Waals surface area contributed by atoms with Crippen molar-refractivity contribution >= 4 is 15.9 Å². The summed E-state index contributed by atoms with van der Waals surface area (Å²) in [7, 11) is 0. The van der Waals surface area contributed by atoms with Gasteiger partial charge in [0.1, 0.15) is 0 Å². The van der Waals surface area contributed by atoms with Crippen molar-refractivity contribution < 1.29 is 0 Å². The summed E-state index contributed by atoms with van der Waals surface area (Å²) in [5.41, 5.74) is 21.5. The molecule has 0 heterocycles. The Morgan fingerprint density at radius 1 is 0.148 bits per heavy atom. The first-order valence-corrected chi connectivity index (χ1v) is 21.5. The van der Waals surface area contributed by atoms with Gasteiger partial charge in [0.2, 0.25) is 0 Å². The van der Waals surface area contributed by atoms with Crippen molar-refractivity contribution in [3.63, 3.8) is 0 Å². The molecule has 0 saturated heterocycles. The summed E-state index contributed by atoms with van der Waals surface area (Å²) in [6.45, 7) is 0. The number of benzene rings is 10. The van der Waals surface area contributed by atoms with Crippen molar-refractivity contribution in [1.29, 1.82) is 0 Å². The molecule has 0 radical (unpaired) electrons. The number of hydrogen-bond acceptors (Lipinski definition) is 0. The highest BCUT2D eigenvalue weighted by molar-refractivity contribution is 9.10. The SMILES string of the molecule is Brc1cccc(-c2cccc(-c3cc(-c4cccc(-c5ccc(-c6ccccc6)cc5)c4)cc(-c4cccc(-c5cccc(-c6cccc(-c7ccccc7)c6)c5)c4)c3)c2)c1. The lowest BCUT2D eigenvalue weighted by Crippen LogP contribution is -1.89. The first kappa shape index (κ1) is 37.9. The van der Waals surface area contributed by atoms with Crippen LogP contribution in [0.25, 0.3) is 100 Å². The normalized spacial score (nSPS) is 11.0. The highest BCUT2D eigenvalue weighted by atomic mass is 79.9. The third kappa shape index (κ3) is 8.43. The van der Waals surface area contributed by atoms with Crippen LogP contribution in [0.1, 0.15) is 0 Å². The van der Waals surface area contributed by atoms with Gasteiger partial charge in [-0.1, -0.05) is 204 Å². The largest absolute Gasteiger partial charge is 0.0622 e. The average molecular weight is 842 g/mol. The van der Waals surface area contributed by atoms with E-state index < -0.39 is 0 Å². The maximum atomic E-state index is 3.68. The van der Waals surface area contributed by atoms with Crippen molar-refractivity contribution in [2.75, 3.05) is 0 Å². The molecule has 0 spiro atoms. The lowest BCUT2D eigenvalue weighted by molar-refractivity contribution is 1.54. The third-order valence-electron chi connectivity index (χ3n) is 11.5. The molecular formula is C60H41Br. The van der Waals surface area contributed by atoms with Crippen LogP contribution in [-0.4, -0.2) is 0 Å². The maximum Gasteiger partial charge on any atom is 0.0181 e. The van der Waals surface area contributed by atoms with Crippen molar-refractivity contribution in [3.05, 3.63) is 253 Å². The predicted molar refractivity (Wildman–Crippen MR) is 263 cm³/mol. The lowest BCUT2D eigenvalue weighted by Gasteiger charge is -2.14. The zero-order chi connectivity index (χ0) is 41.0. The van der Waals surface area contributed by atoms with Gasteiger partial charge < -0.3 is 0 Å². The molecule has 0 saturated carbocycles. The van der Waals surface area contributed by atoms with Crippen LogP contribution >= 0.6 is 15.9 Å². The van der Waals surface area contributed by atoms with Gasteiger partial charge in [-0.3, -0.25) is 0 Å². The fourth-order valence-electron chi connectivity index (χ4n) is 8.30. The molecule has 10 aromatic carbocycles. The smallest absolute Gasteiger partial charge is 0.0181 e. The zero-order valence-corrected chi connectivity index (χ0v) is 35.1. The van der Waals surface area contributed by atoms with Gasteiger partial charge in [0.15, 0.2) is 0 Å². The molecule has 0 fully saturated rings. The Morgan fingerprint density at radius 2 is 0.344 bits per heavy atom. The Labute approximate surface area is 367 Å². The molecule has 0 aromatic heterocycles. The molecular weight excluding hydrogens is 801 g/mol. The number of hydrogen-bond donors (Lipinski definition) is 0. The molecule has 288 valence electrons. The van der Waals surface area contributed by atoms with E-state index in [1.165, 1.54) is 100 Å². The van der Waals surface area contributed by atoms with Gasteiger partial charge in [0.25, 0.3) is 0 Å². The standard InChI is InChI=1S/C60H41Br/c61-60-28-12-27-56(41-60)52-23-11-26-55(37-52)59-39-57(53-24-8-18-47(34-53)45-31-29-44(30-32-45)42-13-3-1-4-14-42)38-58(40-59)54-25-10-22-51(36-54)50-21-9-20-49(35-50)48-19-7-17-46(33-48)43-15-5-2-6-16-43/h1-41H. The zero-order valence-electron chi connectivity index (χ0n) is 33.5. The van der Waals surface area contributed by atoms with E-state index in [1.807, 2.05) is 0 Å². The lowest BCUT2D eigenvalue weighted by atomic mass is 9.90. The average Bonchev–Trinajstić information content (AvgIpc) is 3.35. The van der Waals surface area contributed by atoms with Crippen molar-refractivity contribution in [2.45, 2.75) is 0 Å². The van der Waals surface area contributed by atoms with Crippen molar-refractivity contribution in [3.8, 4) is 100 Å². The Bertz CT molecular complexity index is 3120. The molecule has 1 heteroatoms. The van der Waals surface area contributed by atoms with Crippen LogP contribution < -0.4 is 0 Å². The van der Waals surface area contributed by atoms with Crippen LogP contribution in [0, 0.1) is 0 Å². The summed E-state index contributed by atoms with van der Waals surface area (Å²) >= 11 is 3.68. The molecule has 0 bridgehead atoms. The number of rotatable bonds is 9. The minimum Gasteiger partial charge on any atom is -0.0622 e. The fraction of sp³-hybridized carbons (Fsp3) is 0. The van der Waals surface area contributed by atoms with Gasteiger partial charge in [-0.15, -0.1) is 0 Å². The summed E-state index contributed by atoms with van der Waals surface area (Å²) in [5, 5.41) is 0. The molecule has 0 N–H and O–H groups in total. The monoisotopic (exact) mass is 840 g/mol. The summed E-state index contributed by atoms with van der Waals surface area (Å²) in [6, 6.07) is 90.2.